The molecule has 0 N–H and O–H groups in total. The Morgan fingerprint density at radius 2 is 1.58 bits per heavy atom. The number of hydrogen-bond donors (Lipinski definition) is 0. The fourth-order valence-electron chi connectivity index (χ4n) is 5.13. The molecule has 2 heterocycles. The number of carbonyl (C=O) groups excluding carboxylic acids is 2. The Labute approximate surface area is 190 Å². The Kier molecular flexibility index (Phi) is 4.33. The average molecular weight is 443 g/mol. The fraction of sp³-hybridized carbons (Fsp3) is 0.231. The zero-order valence-corrected chi connectivity index (χ0v) is 18.2. The Morgan fingerprint density at radius 1 is 0.879 bits per heavy atom. The minimum Gasteiger partial charge on any atom is -0.493 e. The summed E-state index contributed by atoms with van der Waals surface area (Å²) in [6.45, 7) is 0.489. The van der Waals surface area contributed by atoms with Crippen molar-refractivity contribution in [3.8, 4) is 23.0 Å². The van der Waals surface area contributed by atoms with E-state index in [-0.39, 0.29) is 18.5 Å². The van der Waals surface area contributed by atoms with Crippen LogP contribution in [0, 0.1) is 0 Å². The topological polar surface area (TPSA) is 74.3 Å². The molecule has 33 heavy (non-hydrogen) atoms. The van der Waals surface area contributed by atoms with E-state index in [0.29, 0.717) is 46.2 Å². The lowest BCUT2D eigenvalue weighted by Crippen LogP contribution is -2.41. The number of rotatable bonds is 4. The first-order valence-electron chi connectivity index (χ1n) is 10.7. The van der Waals surface area contributed by atoms with Gasteiger partial charge in [-0.25, -0.2) is 0 Å². The van der Waals surface area contributed by atoms with Crippen LogP contribution < -0.4 is 18.9 Å². The molecule has 0 bridgehead atoms. The van der Waals surface area contributed by atoms with Crippen LogP contribution in [0.5, 0.6) is 23.0 Å². The molecule has 3 aromatic rings. The second-order valence-corrected chi connectivity index (χ2v) is 8.29. The largest absolute Gasteiger partial charge is 0.493 e. The summed E-state index contributed by atoms with van der Waals surface area (Å²) in [6.07, 6.45) is 0. The van der Waals surface area contributed by atoms with Crippen molar-refractivity contribution in [1.29, 1.82) is 0 Å². The van der Waals surface area contributed by atoms with Crippen molar-refractivity contribution in [3.05, 3.63) is 82.4 Å². The lowest BCUT2D eigenvalue weighted by molar-refractivity contribution is 0.0587. The molecule has 3 aliphatic rings. The number of carbonyl (C=O) groups is 2. The first-order chi connectivity index (χ1) is 16.1. The van der Waals surface area contributed by atoms with Gasteiger partial charge in [0.25, 0.3) is 5.91 Å². The number of ketones is 1. The molecule has 0 unspecified atom stereocenters. The SMILES string of the molecule is COc1cc2c(cc1OC)[C@H]1C(=O)c3cc4c(cc3[C@H]1N(Cc1ccccc1)C2=O)OCO4. The summed E-state index contributed by atoms with van der Waals surface area (Å²) >= 11 is 0. The van der Waals surface area contributed by atoms with E-state index in [9.17, 15) is 9.59 Å². The van der Waals surface area contributed by atoms with Crippen molar-refractivity contribution in [2.45, 2.75) is 18.5 Å². The Bertz CT molecular complexity index is 1300. The minimum atomic E-state index is -0.557. The molecule has 3 aromatic carbocycles. The van der Waals surface area contributed by atoms with Crippen LogP contribution >= 0.6 is 0 Å². The highest BCUT2D eigenvalue weighted by Crippen LogP contribution is 2.54. The van der Waals surface area contributed by atoms with Crippen LogP contribution in [0.2, 0.25) is 0 Å². The number of amides is 1. The second-order valence-electron chi connectivity index (χ2n) is 8.29. The van der Waals surface area contributed by atoms with Gasteiger partial charge in [0, 0.05) is 17.7 Å². The predicted molar refractivity (Wildman–Crippen MR) is 118 cm³/mol. The molecule has 2 atom stereocenters. The van der Waals surface area contributed by atoms with E-state index in [4.69, 9.17) is 18.9 Å². The molecule has 6 rings (SSSR count). The fourth-order valence-corrected chi connectivity index (χ4v) is 5.13. The molecular weight excluding hydrogens is 422 g/mol. The molecule has 0 saturated heterocycles. The third-order valence-electron chi connectivity index (χ3n) is 6.64. The quantitative estimate of drug-likeness (QED) is 0.604. The van der Waals surface area contributed by atoms with Gasteiger partial charge >= 0.3 is 0 Å². The maximum absolute atomic E-state index is 13.8. The van der Waals surface area contributed by atoms with Crippen LogP contribution in [0.15, 0.2) is 54.6 Å². The number of methoxy groups -OCH3 is 2. The van der Waals surface area contributed by atoms with Crippen molar-refractivity contribution in [1.82, 2.24) is 4.90 Å². The second kappa shape index (κ2) is 7.27. The Morgan fingerprint density at radius 3 is 2.30 bits per heavy atom. The molecule has 2 aliphatic heterocycles. The maximum atomic E-state index is 13.8. The van der Waals surface area contributed by atoms with Gasteiger partial charge in [-0.2, -0.15) is 0 Å². The molecule has 0 aromatic heterocycles. The van der Waals surface area contributed by atoms with Crippen LogP contribution in [-0.4, -0.2) is 37.6 Å². The van der Waals surface area contributed by atoms with E-state index in [1.54, 1.807) is 30.2 Å². The molecule has 0 saturated carbocycles. The van der Waals surface area contributed by atoms with E-state index in [1.165, 1.54) is 7.11 Å². The molecule has 0 radical (unpaired) electrons. The van der Waals surface area contributed by atoms with Crippen molar-refractivity contribution in [2.75, 3.05) is 21.0 Å². The summed E-state index contributed by atoms with van der Waals surface area (Å²) in [5.41, 5.74) is 3.41. The third-order valence-corrected chi connectivity index (χ3v) is 6.64. The van der Waals surface area contributed by atoms with Gasteiger partial charge in [0.1, 0.15) is 0 Å². The van der Waals surface area contributed by atoms with Gasteiger partial charge in [-0.3, -0.25) is 9.59 Å². The first kappa shape index (κ1) is 19.7. The number of hydrogen-bond acceptors (Lipinski definition) is 6. The minimum absolute atomic E-state index is 0.0488. The lowest BCUT2D eigenvalue weighted by atomic mass is 9.82. The molecule has 0 fully saturated rings. The zero-order valence-electron chi connectivity index (χ0n) is 18.2. The van der Waals surface area contributed by atoms with Gasteiger partial charge in [0.2, 0.25) is 6.79 Å². The van der Waals surface area contributed by atoms with Gasteiger partial charge in [0.15, 0.2) is 28.8 Å². The van der Waals surface area contributed by atoms with E-state index < -0.39 is 12.0 Å². The van der Waals surface area contributed by atoms with Gasteiger partial charge in [-0.05, 0) is 41.0 Å². The van der Waals surface area contributed by atoms with Gasteiger partial charge in [-0.1, -0.05) is 30.3 Å². The average Bonchev–Trinajstić information content (AvgIpc) is 3.42. The van der Waals surface area contributed by atoms with Crippen LogP contribution in [0.4, 0.5) is 0 Å². The van der Waals surface area contributed by atoms with Crippen molar-refractivity contribution in [3.63, 3.8) is 0 Å². The monoisotopic (exact) mass is 443 g/mol. The normalized spacial score (nSPS) is 19.8. The number of benzene rings is 3. The highest BCUT2D eigenvalue weighted by Gasteiger charge is 2.51. The molecular formula is C26H21NO6. The summed E-state index contributed by atoms with van der Waals surface area (Å²) in [5, 5.41) is 0. The third kappa shape index (κ3) is 2.81. The standard InChI is InChI=1S/C26H21NO6/c1-30-19-8-15-18(11-20(19)31-2)26(29)27(12-14-6-4-3-5-7-14)24-16-9-21-22(33-13-32-21)10-17(16)25(28)23(15)24/h3-11,23-24H,12-13H2,1-2H3/t23-,24-/m1/s1. The highest BCUT2D eigenvalue weighted by molar-refractivity contribution is 6.11. The van der Waals surface area contributed by atoms with Crippen LogP contribution in [0.3, 0.4) is 0 Å². The zero-order chi connectivity index (χ0) is 22.7. The summed E-state index contributed by atoms with van der Waals surface area (Å²) in [7, 11) is 3.07. The molecule has 7 heteroatoms. The van der Waals surface area contributed by atoms with Crippen LogP contribution in [0.1, 0.15) is 49.4 Å². The van der Waals surface area contributed by atoms with Crippen LogP contribution in [0.25, 0.3) is 0 Å². The Balaban J connectivity index is 1.56. The summed E-state index contributed by atoms with van der Waals surface area (Å²) in [5.74, 6) is 1.31. The summed E-state index contributed by atoms with van der Waals surface area (Å²) in [4.78, 5) is 29.4. The van der Waals surface area contributed by atoms with Crippen molar-refractivity contribution < 1.29 is 28.5 Å². The number of nitrogens with zero attached hydrogens (tertiary/aromatic N) is 1. The van der Waals surface area contributed by atoms with E-state index in [0.717, 1.165) is 11.1 Å². The van der Waals surface area contributed by atoms with Gasteiger partial charge < -0.3 is 23.8 Å². The molecule has 0 spiro atoms. The lowest BCUT2D eigenvalue weighted by Gasteiger charge is -2.39. The van der Waals surface area contributed by atoms with Gasteiger partial charge in [-0.15, -0.1) is 0 Å². The molecule has 1 aliphatic carbocycles. The summed E-state index contributed by atoms with van der Waals surface area (Å²) < 4.78 is 22.0. The van der Waals surface area contributed by atoms with E-state index >= 15 is 0 Å². The van der Waals surface area contributed by atoms with Crippen molar-refractivity contribution >= 4 is 11.7 Å². The number of ether oxygens (including phenoxy) is 4. The highest BCUT2D eigenvalue weighted by atomic mass is 16.7. The predicted octanol–water partition coefficient (Wildman–Crippen LogP) is 4.11. The number of fused-ring (bicyclic) bond motifs is 6. The van der Waals surface area contributed by atoms with E-state index in [1.807, 2.05) is 36.4 Å². The van der Waals surface area contributed by atoms with Crippen molar-refractivity contribution in [2.24, 2.45) is 0 Å². The molecule has 166 valence electrons. The van der Waals surface area contributed by atoms with E-state index in [2.05, 4.69) is 0 Å². The maximum Gasteiger partial charge on any atom is 0.255 e. The first-order valence-corrected chi connectivity index (χ1v) is 10.7. The number of Topliss-reactive ketones (excluding diaryl/α,β-unsaturated/α-hetero) is 1. The molecule has 1 amide bonds. The summed E-state index contributed by atoms with van der Waals surface area (Å²) in [6, 6.07) is 16.3. The van der Waals surface area contributed by atoms with Gasteiger partial charge in [0.05, 0.1) is 26.2 Å². The molecule has 7 nitrogen and oxygen atoms in total. The smallest absolute Gasteiger partial charge is 0.255 e. The Hall–Kier alpha value is -4.00. The van der Waals surface area contributed by atoms with Crippen LogP contribution in [-0.2, 0) is 6.54 Å².